The van der Waals surface area contributed by atoms with Crippen molar-refractivity contribution in [2.75, 3.05) is 13.1 Å². The summed E-state index contributed by atoms with van der Waals surface area (Å²) in [5, 5.41) is 2.40. The topological polar surface area (TPSA) is 93.5 Å². The standard InChI is InChI=1S/C22H28N4O4/c1-22(2,3)30-21(29)25-10-8-14(9-11-25)15-4-5-17-16(12-15)23-13-26(17)18-6-7-19(27)24-20(18)28/h4-5,12-14,18H,6-11H2,1-3H3,(H,24,27,28). The summed E-state index contributed by atoms with van der Waals surface area (Å²) < 4.78 is 7.33. The second-order valence-corrected chi connectivity index (χ2v) is 9.11. The highest BCUT2D eigenvalue weighted by Crippen LogP contribution is 2.32. The van der Waals surface area contributed by atoms with Crippen LogP contribution in [0.2, 0.25) is 0 Å². The summed E-state index contributed by atoms with van der Waals surface area (Å²) in [4.78, 5) is 42.2. The lowest BCUT2D eigenvalue weighted by molar-refractivity contribution is -0.135. The van der Waals surface area contributed by atoms with E-state index in [9.17, 15) is 14.4 Å². The molecule has 2 fully saturated rings. The Morgan fingerprint density at radius 2 is 1.90 bits per heavy atom. The van der Waals surface area contributed by atoms with E-state index >= 15 is 0 Å². The number of ether oxygens (including phenoxy) is 1. The molecular weight excluding hydrogens is 384 g/mol. The van der Waals surface area contributed by atoms with Crippen LogP contribution in [0, 0.1) is 0 Å². The number of nitrogens with one attached hydrogen (secondary N) is 1. The quantitative estimate of drug-likeness (QED) is 0.765. The molecule has 2 aliphatic rings. The molecule has 8 heteroatoms. The highest BCUT2D eigenvalue weighted by molar-refractivity contribution is 6.00. The summed E-state index contributed by atoms with van der Waals surface area (Å²) in [7, 11) is 0. The summed E-state index contributed by atoms with van der Waals surface area (Å²) in [6.07, 6.45) is 4.00. The Morgan fingerprint density at radius 3 is 2.57 bits per heavy atom. The number of likely N-dealkylation sites (tertiary alicyclic amines) is 1. The van der Waals surface area contributed by atoms with E-state index in [0.717, 1.165) is 23.9 Å². The maximum absolute atomic E-state index is 12.3. The Morgan fingerprint density at radius 1 is 1.17 bits per heavy atom. The number of rotatable bonds is 2. The van der Waals surface area contributed by atoms with Crippen LogP contribution in [0.4, 0.5) is 4.79 Å². The second kappa shape index (κ2) is 7.74. The van der Waals surface area contributed by atoms with Gasteiger partial charge in [-0.05, 0) is 63.6 Å². The first-order valence-electron chi connectivity index (χ1n) is 10.5. The van der Waals surface area contributed by atoms with E-state index in [1.54, 1.807) is 11.2 Å². The molecule has 160 valence electrons. The van der Waals surface area contributed by atoms with Crippen molar-refractivity contribution in [1.82, 2.24) is 19.8 Å². The predicted molar refractivity (Wildman–Crippen MR) is 111 cm³/mol. The molecule has 1 atom stereocenters. The Balaban J connectivity index is 1.45. The van der Waals surface area contributed by atoms with Gasteiger partial charge in [0.25, 0.3) is 0 Å². The third kappa shape index (κ3) is 4.17. The molecule has 0 spiro atoms. The number of piperidine rings is 2. The van der Waals surface area contributed by atoms with Gasteiger partial charge in [0.15, 0.2) is 0 Å². The molecule has 3 heterocycles. The van der Waals surface area contributed by atoms with Crippen LogP contribution in [-0.4, -0.2) is 51.0 Å². The third-order valence-electron chi connectivity index (χ3n) is 5.76. The van der Waals surface area contributed by atoms with Crippen LogP contribution in [0.25, 0.3) is 11.0 Å². The van der Waals surface area contributed by atoms with Crippen LogP contribution in [0.3, 0.4) is 0 Å². The van der Waals surface area contributed by atoms with Crippen LogP contribution >= 0.6 is 0 Å². The molecule has 30 heavy (non-hydrogen) atoms. The van der Waals surface area contributed by atoms with E-state index in [4.69, 9.17) is 4.74 Å². The average Bonchev–Trinajstić information content (AvgIpc) is 3.10. The molecule has 2 aromatic rings. The van der Waals surface area contributed by atoms with Gasteiger partial charge in [-0.15, -0.1) is 0 Å². The molecule has 0 saturated carbocycles. The van der Waals surface area contributed by atoms with Crippen LogP contribution in [0.5, 0.6) is 0 Å². The molecule has 0 radical (unpaired) electrons. The number of carbonyl (C=O) groups is 3. The van der Waals surface area contributed by atoms with Crippen LogP contribution in [0.1, 0.15) is 64.0 Å². The van der Waals surface area contributed by atoms with E-state index in [0.29, 0.717) is 31.8 Å². The van der Waals surface area contributed by atoms with Gasteiger partial charge in [0.1, 0.15) is 11.6 Å². The smallest absolute Gasteiger partial charge is 0.410 e. The number of hydrogen-bond acceptors (Lipinski definition) is 5. The fraction of sp³-hybridized carbons (Fsp3) is 0.545. The molecule has 0 aliphatic carbocycles. The normalized spacial score (nSPS) is 21.0. The Labute approximate surface area is 175 Å². The number of imide groups is 1. The highest BCUT2D eigenvalue weighted by Gasteiger charge is 2.30. The van der Waals surface area contributed by atoms with Crippen LogP contribution in [0.15, 0.2) is 24.5 Å². The molecule has 3 amide bonds. The molecule has 2 aliphatic heterocycles. The van der Waals surface area contributed by atoms with E-state index in [1.165, 1.54) is 5.56 Å². The SMILES string of the molecule is CC(C)(C)OC(=O)N1CCC(c2ccc3c(c2)ncn3C2CCC(=O)NC2=O)CC1. The Hall–Kier alpha value is -2.90. The second-order valence-electron chi connectivity index (χ2n) is 9.11. The van der Waals surface area contributed by atoms with Crippen LogP contribution in [-0.2, 0) is 14.3 Å². The molecule has 2 saturated heterocycles. The van der Waals surface area contributed by atoms with Gasteiger partial charge in [-0.1, -0.05) is 6.07 Å². The minimum Gasteiger partial charge on any atom is -0.444 e. The average molecular weight is 412 g/mol. The molecule has 4 rings (SSSR count). The molecule has 1 unspecified atom stereocenters. The van der Waals surface area contributed by atoms with E-state index in [-0.39, 0.29) is 17.9 Å². The van der Waals surface area contributed by atoms with Gasteiger partial charge < -0.3 is 14.2 Å². The first kappa shape index (κ1) is 20.4. The van der Waals surface area contributed by atoms with Gasteiger partial charge in [-0.25, -0.2) is 9.78 Å². The number of nitrogens with zero attached hydrogens (tertiary/aromatic N) is 3. The summed E-state index contributed by atoms with van der Waals surface area (Å²) in [5.41, 5.74) is 2.44. The van der Waals surface area contributed by atoms with Gasteiger partial charge in [0, 0.05) is 19.5 Å². The van der Waals surface area contributed by atoms with Crippen molar-refractivity contribution in [1.29, 1.82) is 0 Å². The fourth-order valence-corrected chi connectivity index (χ4v) is 4.22. The maximum Gasteiger partial charge on any atom is 0.410 e. The van der Waals surface area contributed by atoms with Crippen LogP contribution < -0.4 is 5.32 Å². The van der Waals surface area contributed by atoms with Crippen molar-refractivity contribution in [3.8, 4) is 0 Å². The summed E-state index contributed by atoms with van der Waals surface area (Å²) >= 11 is 0. The third-order valence-corrected chi connectivity index (χ3v) is 5.76. The number of fused-ring (bicyclic) bond motifs is 1. The van der Waals surface area contributed by atoms with Gasteiger partial charge >= 0.3 is 6.09 Å². The monoisotopic (exact) mass is 412 g/mol. The molecule has 1 aromatic carbocycles. The van der Waals surface area contributed by atoms with E-state index < -0.39 is 11.6 Å². The number of carbonyl (C=O) groups excluding carboxylic acids is 3. The molecule has 0 bridgehead atoms. The van der Waals surface area contributed by atoms with Crippen molar-refractivity contribution in [3.05, 3.63) is 30.1 Å². The zero-order valence-electron chi connectivity index (χ0n) is 17.7. The van der Waals surface area contributed by atoms with Crippen molar-refractivity contribution in [2.24, 2.45) is 0 Å². The minimum atomic E-state index is -0.486. The maximum atomic E-state index is 12.3. The van der Waals surface area contributed by atoms with E-state index in [1.807, 2.05) is 31.4 Å². The summed E-state index contributed by atoms with van der Waals surface area (Å²) in [5.74, 6) is -0.140. The highest BCUT2D eigenvalue weighted by atomic mass is 16.6. The molecule has 1 N–H and O–H groups in total. The van der Waals surface area contributed by atoms with Gasteiger partial charge in [-0.2, -0.15) is 0 Å². The molecule has 1 aromatic heterocycles. The molecular formula is C22H28N4O4. The van der Waals surface area contributed by atoms with Gasteiger partial charge in [-0.3, -0.25) is 14.9 Å². The van der Waals surface area contributed by atoms with Gasteiger partial charge in [0.05, 0.1) is 17.4 Å². The number of aromatic nitrogens is 2. The molecule has 8 nitrogen and oxygen atoms in total. The lowest BCUT2D eigenvalue weighted by Gasteiger charge is -2.33. The van der Waals surface area contributed by atoms with Crippen molar-refractivity contribution >= 4 is 28.9 Å². The number of benzene rings is 1. The summed E-state index contributed by atoms with van der Waals surface area (Å²) in [6, 6.07) is 5.75. The Bertz CT molecular complexity index is 983. The fourth-order valence-electron chi connectivity index (χ4n) is 4.22. The van der Waals surface area contributed by atoms with Crippen molar-refractivity contribution < 1.29 is 19.1 Å². The zero-order valence-corrected chi connectivity index (χ0v) is 17.7. The minimum absolute atomic E-state index is 0.222. The summed E-state index contributed by atoms with van der Waals surface area (Å²) in [6.45, 7) is 6.97. The van der Waals surface area contributed by atoms with E-state index in [2.05, 4.69) is 22.4 Å². The number of hydrogen-bond donors (Lipinski definition) is 1. The largest absolute Gasteiger partial charge is 0.444 e. The zero-order chi connectivity index (χ0) is 21.5. The lowest BCUT2D eigenvalue weighted by Crippen LogP contribution is -2.41. The first-order chi connectivity index (χ1) is 14.2. The predicted octanol–water partition coefficient (Wildman–Crippen LogP) is 3.13. The lowest BCUT2D eigenvalue weighted by atomic mass is 9.89. The van der Waals surface area contributed by atoms with Gasteiger partial charge in [0.2, 0.25) is 11.8 Å². The first-order valence-corrected chi connectivity index (χ1v) is 10.5. The van der Waals surface area contributed by atoms with Crippen molar-refractivity contribution in [2.45, 2.75) is 64.0 Å². The Kier molecular flexibility index (Phi) is 5.26. The van der Waals surface area contributed by atoms with Crippen molar-refractivity contribution in [3.63, 3.8) is 0 Å². The number of imidazole rings is 1. The number of amides is 3.